The van der Waals surface area contributed by atoms with Crippen molar-refractivity contribution in [1.82, 2.24) is 4.98 Å². The van der Waals surface area contributed by atoms with E-state index in [0.717, 1.165) is 17.5 Å². The van der Waals surface area contributed by atoms with Crippen LogP contribution in [-0.2, 0) is 6.42 Å². The Bertz CT molecular complexity index is 601. The van der Waals surface area contributed by atoms with Crippen LogP contribution in [0, 0.1) is 6.92 Å². The number of aryl methyl sites for hydroxylation is 2. The highest BCUT2D eigenvalue weighted by Gasteiger charge is 2.11. The van der Waals surface area contributed by atoms with Gasteiger partial charge in [0, 0.05) is 23.5 Å². The molecule has 0 saturated carbocycles. The number of pyridine rings is 1. The van der Waals surface area contributed by atoms with Gasteiger partial charge in [-0.1, -0.05) is 56.9 Å². The van der Waals surface area contributed by atoms with Gasteiger partial charge in [0.15, 0.2) is 5.78 Å². The maximum atomic E-state index is 12.5. The van der Waals surface area contributed by atoms with E-state index in [2.05, 4.69) is 24.0 Å². The van der Waals surface area contributed by atoms with Crippen LogP contribution in [0.15, 0.2) is 42.7 Å². The first-order valence-corrected chi connectivity index (χ1v) is 8.26. The Kier molecular flexibility index (Phi) is 6.32. The molecule has 1 aromatic carbocycles. The van der Waals surface area contributed by atoms with Gasteiger partial charge in [-0.15, -0.1) is 0 Å². The molecule has 0 spiro atoms. The number of hydrogen-bond acceptors (Lipinski definition) is 2. The number of unbranched alkanes of at least 4 members (excludes halogenated alkanes) is 4. The first-order chi connectivity index (χ1) is 10.7. The van der Waals surface area contributed by atoms with Gasteiger partial charge < -0.3 is 0 Å². The molecule has 1 aromatic heterocycles. The van der Waals surface area contributed by atoms with Crippen LogP contribution in [0.25, 0.3) is 0 Å². The van der Waals surface area contributed by atoms with Crippen LogP contribution < -0.4 is 0 Å². The summed E-state index contributed by atoms with van der Waals surface area (Å²) >= 11 is 0. The monoisotopic (exact) mass is 295 g/mol. The summed E-state index contributed by atoms with van der Waals surface area (Å²) in [6, 6.07) is 9.92. The molecule has 2 rings (SSSR count). The van der Waals surface area contributed by atoms with E-state index in [0.29, 0.717) is 5.56 Å². The zero-order valence-electron chi connectivity index (χ0n) is 13.6. The lowest BCUT2D eigenvalue weighted by Crippen LogP contribution is -2.04. The lowest BCUT2D eigenvalue weighted by molar-refractivity contribution is 0.103. The van der Waals surface area contributed by atoms with E-state index >= 15 is 0 Å². The largest absolute Gasteiger partial charge is 0.289 e. The molecule has 116 valence electrons. The Morgan fingerprint density at radius 2 is 1.73 bits per heavy atom. The molecule has 0 aliphatic rings. The smallest absolute Gasteiger partial charge is 0.194 e. The first-order valence-electron chi connectivity index (χ1n) is 8.26. The molecule has 2 heteroatoms. The Labute approximate surface area is 133 Å². The number of nitrogens with zero attached hydrogens (tertiary/aromatic N) is 1. The molecular weight excluding hydrogens is 270 g/mol. The molecule has 0 fully saturated rings. The summed E-state index contributed by atoms with van der Waals surface area (Å²) in [6.07, 6.45) is 10.9. The van der Waals surface area contributed by atoms with Gasteiger partial charge in [-0.05, 0) is 37.0 Å². The molecule has 0 aliphatic heterocycles. The molecule has 0 atom stereocenters. The topological polar surface area (TPSA) is 30.0 Å². The van der Waals surface area contributed by atoms with Crippen LogP contribution in [0.4, 0.5) is 0 Å². The molecule has 0 aliphatic carbocycles. The van der Waals surface area contributed by atoms with Crippen LogP contribution >= 0.6 is 0 Å². The van der Waals surface area contributed by atoms with Crippen LogP contribution in [0.2, 0.25) is 0 Å². The second-order valence-electron chi connectivity index (χ2n) is 5.88. The molecule has 0 unspecified atom stereocenters. The van der Waals surface area contributed by atoms with Crippen molar-refractivity contribution in [2.45, 2.75) is 52.4 Å². The Morgan fingerprint density at radius 1 is 1.00 bits per heavy atom. The number of carbonyl (C=O) groups excluding carboxylic acids is 1. The second kappa shape index (κ2) is 8.47. The summed E-state index contributed by atoms with van der Waals surface area (Å²) in [5.41, 5.74) is 3.72. The maximum absolute atomic E-state index is 12.5. The highest BCUT2D eigenvalue weighted by molar-refractivity contribution is 6.09. The molecule has 1 heterocycles. The lowest BCUT2D eigenvalue weighted by Gasteiger charge is -2.06. The second-order valence-corrected chi connectivity index (χ2v) is 5.88. The van der Waals surface area contributed by atoms with Gasteiger partial charge >= 0.3 is 0 Å². The van der Waals surface area contributed by atoms with Gasteiger partial charge in [0.05, 0.1) is 0 Å². The van der Waals surface area contributed by atoms with E-state index in [4.69, 9.17) is 0 Å². The third-order valence-corrected chi connectivity index (χ3v) is 4.07. The van der Waals surface area contributed by atoms with Crippen molar-refractivity contribution < 1.29 is 4.79 Å². The van der Waals surface area contributed by atoms with Crippen molar-refractivity contribution in [3.8, 4) is 0 Å². The van der Waals surface area contributed by atoms with E-state index in [1.165, 1.54) is 37.7 Å². The third kappa shape index (κ3) is 4.52. The van der Waals surface area contributed by atoms with Gasteiger partial charge in [0.1, 0.15) is 0 Å². The predicted molar refractivity (Wildman–Crippen MR) is 91.3 cm³/mol. The minimum Gasteiger partial charge on any atom is -0.289 e. The zero-order chi connectivity index (χ0) is 15.8. The number of carbonyl (C=O) groups is 1. The van der Waals surface area contributed by atoms with Crippen molar-refractivity contribution in [3.05, 3.63) is 65.0 Å². The Morgan fingerprint density at radius 3 is 2.41 bits per heavy atom. The Balaban J connectivity index is 1.94. The number of ketones is 1. The van der Waals surface area contributed by atoms with Gasteiger partial charge in [0.25, 0.3) is 0 Å². The van der Waals surface area contributed by atoms with E-state index < -0.39 is 0 Å². The molecule has 0 amide bonds. The number of aromatic nitrogens is 1. The summed E-state index contributed by atoms with van der Waals surface area (Å²) in [4.78, 5) is 16.5. The summed E-state index contributed by atoms with van der Waals surface area (Å²) in [7, 11) is 0. The molecule has 2 aromatic rings. The minimum atomic E-state index is 0.0556. The van der Waals surface area contributed by atoms with Gasteiger partial charge in [0.2, 0.25) is 0 Å². The summed E-state index contributed by atoms with van der Waals surface area (Å²) in [5, 5.41) is 0. The highest BCUT2D eigenvalue weighted by Crippen LogP contribution is 2.15. The fourth-order valence-corrected chi connectivity index (χ4v) is 2.61. The third-order valence-electron chi connectivity index (χ3n) is 4.07. The first kappa shape index (κ1) is 16.4. The zero-order valence-corrected chi connectivity index (χ0v) is 13.6. The SMILES string of the molecule is CCCCCCCc1ccc(C(=O)c2cnccc2C)cc1. The summed E-state index contributed by atoms with van der Waals surface area (Å²) < 4.78 is 0. The molecule has 22 heavy (non-hydrogen) atoms. The summed E-state index contributed by atoms with van der Waals surface area (Å²) in [6.45, 7) is 4.18. The van der Waals surface area contributed by atoms with Crippen LogP contribution in [0.1, 0.15) is 66.1 Å². The average molecular weight is 295 g/mol. The van der Waals surface area contributed by atoms with E-state index in [-0.39, 0.29) is 5.78 Å². The van der Waals surface area contributed by atoms with E-state index in [1.807, 2.05) is 25.1 Å². The van der Waals surface area contributed by atoms with Gasteiger partial charge in [-0.2, -0.15) is 0 Å². The number of hydrogen-bond donors (Lipinski definition) is 0. The van der Waals surface area contributed by atoms with E-state index in [1.54, 1.807) is 12.4 Å². The normalized spacial score (nSPS) is 10.6. The number of benzene rings is 1. The predicted octanol–water partition coefficient (Wildman–Crippen LogP) is 5.13. The fraction of sp³-hybridized carbons (Fsp3) is 0.400. The van der Waals surface area contributed by atoms with Crippen LogP contribution in [0.5, 0.6) is 0 Å². The molecule has 0 N–H and O–H groups in total. The molecular formula is C20H25NO. The van der Waals surface area contributed by atoms with Crippen LogP contribution in [0.3, 0.4) is 0 Å². The van der Waals surface area contributed by atoms with Crippen molar-refractivity contribution in [2.24, 2.45) is 0 Å². The standard InChI is InChI=1S/C20H25NO/c1-3-4-5-6-7-8-17-9-11-18(12-10-17)20(22)19-15-21-14-13-16(19)2/h9-15H,3-8H2,1-2H3. The minimum absolute atomic E-state index is 0.0556. The Hall–Kier alpha value is -1.96. The molecule has 2 nitrogen and oxygen atoms in total. The average Bonchev–Trinajstić information content (AvgIpc) is 2.55. The van der Waals surface area contributed by atoms with Gasteiger partial charge in [-0.25, -0.2) is 0 Å². The van der Waals surface area contributed by atoms with Crippen LogP contribution in [-0.4, -0.2) is 10.8 Å². The molecule has 0 bridgehead atoms. The van der Waals surface area contributed by atoms with E-state index in [9.17, 15) is 4.79 Å². The number of rotatable bonds is 8. The lowest BCUT2D eigenvalue weighted by atomic mass is 9.99. The van der Waals surface area contributed by atoms with Crippen molar-refractivity contribution in [3.63, 3.8) is 0 Å². The highest BCUT2D eigenvalue weighted by atomic mass is 16.1. The summed E-state index contributed by atoms with van der Waals surface area (Å²) in [5.74, 6) is 0.0556. The van der Waals surface area contributed by atoms with Gasteiger partial charge in [-0.3, -0.25) is 9.78 Å². The van der Waals surface area contributed by atoms with Crippen molar-refractivity contribution >= 4 is 5.78 Å². The van der Waals surface area contributed by atoms with Crippen molar-refractivity contribution in [1.29, 1.82) is 0 Å². The molecule has 0 saturated heterocycles. The van der Waals surface area contributed by atoms with Crippen molar-refractivity contribution in [2.75, 3.05) is 0 Å². The quantitative estimate of drug-likeness (QED) is 0.499. The molecule has 0 radical (unpaired) electrons. The maximum Gasteiger partial charge on any atom is 0.194 e. The fourth-order valence-electron chi connectivity index (χ4n) is 2.61.